The molecule has 3 heteroatoms. The van der Waals surface area contributed by atoms with Gasteiger partial charge in [-0.05, 0) is 36.0 Å². The number of benzene rings is 1. The lowest BCUT2D eigenvalue weighted by molar-refractivity contribution is -0.142. The largest absolute Gasteiger partial charge is 0.480 e. The van der Waals surface area contributed by atoms with Crippen LogP contribution in [0.1, 0.15) is 36.5 Å². The molecule has 0 aliphatic heterocycles. The smallest absolute Gasteiger partial charge is 0.329 e. The van der Waals surface area contributed by atoms with Crippen molar-refractivity contribution in [3.8, 4) is 0 Å². The topological polar surface area (TPSA) is 46.5 Å². The summed E-state index contributed by atoms with van der Waals surface area (Å²) in [5.74, 6) is -0.410. The zero-order valence-electron chi connectivity index (χ0n) is 10.7. The molecule has 0 unspecified atom stereocenters. The first-order valence-electron chi connectivity index (χ1n) is 5.89. The van der Waals surface area contributed by atoms with Crippen molar-refractivity contribution in [3.05, 3.63) is 34.9 Å². The predicted octanol–water partition coefficient (Wildman–Crippen LogP) is 2.76. The van der Waals surface area contributed by atoms with Crippen LogP contribution in [0.5, 0.6) is 0 Å². The summed E-state index contributed by atoms with van der Waals surface area (Å²) in [6.07, 6.45) is 0.764. The Balaban J connectivity index is 2.57. The first kappa shape index (κ1) is 13.7. The predicted molar refractivity (Wildman–Crippen MR) is 67.4 cm³/mol. The summed E-state index contributed by atoms with van der Waals surface area (Å²) < 4.78 is 5.05. The maximum absolute atomic E-state index is 10.3. The van der Waals surface area contributed by atoms with Crippen molar-refractivity contribution in [1.82, 2.24) is 0 Å². The number of hydrogen-bond donors (Lipinski definition) is 1. The maximum Gasteiger partial charge on any atom is 0.329 e. The highest BCUT2D eigenvalue weighted by Gasteiger charge is 2.04. The summed E-state index contributed by atoms with van der Waals surface area (Å²) in [7, 11) is 0. The molecule has 3 nitrogen and oxygen atoms in total. The molecule has 1 aromatic carbocycles. The van der Waals surface area contributed by atoms with Crippen LogP contribution < -0.4 is 0 Å². The Kier molecular flexibility index (Phi) is 5.16. The van der Waals surface area contributed by atoms with Crippen LogP contribution in [0.15, 0.2) is 18.2 Å². The SMILES string of the molecule is Cc1ccc(C(C)C)cc1CCOCC(=O)O. The van der Waals surface area contributed by atoms with Gasteiger partial charge in [0.2, 0.25) is 0 Å². The molecular weight excluding hydrogens is 216 g/mol. The summed E-state index contributed by atoms with van der Waals surface area (Å²) >= 11 is 0. The molecule has 0 atom stereocenters. The van der Waals surface area contributed by atoms with Crippen molar-refractivity contribution in [3.63, 3.8) is 0 Å². The summed E-state index contributed by atoms with van der Waals surface area (Å²) in [4.78, 5) is 10.3. The van der Waals surface area contributed by atoms with Gasteiger partial charge in [0.15, 0.2) is 0 Å². The van der Waals surface area contributed by atoms with Crippen LogP contribution in [-0.2, 0) is 16.0 Å². The van der Waals surface area contributed by atoms with Crippen LogP contribution in [0.3, 0.4) is 0 Å². The molecule has 17 heavy (non-hydrogen) atoms. The van der Waals surface area contributed by atoms with E-state index in [2.05, 4.69) is 39.0 Å². The van der Waals surface area contributed by atoms with Gasteiger partial charge >= 0.3 is 5.97 Å². The Hall–Kier alpha value is -1.35. The first-order chi connectivity index (χ1) is 8.00. The Morgan fingerprint density at radius 1 is 1.41 bits per heavy atom. The molecule has 0 aromatic heterocycles. The van der Waals surface area contributed by atoms with Gasteiger partial charge in [-0.2, -0.15) is 0 Å². The minimum absolute atomic E-state index is 0.219. The second-order valence-electron chi connectivity index (χ2n) is 4.54. The highest BCUT2D eigenvalue weighted by atomic mass is 16.5. The number of hydrogen-bond acceptors (Lipinski definition) is 2. The molecule has 0 radical (unpaired) electrons. The zero-order chi connectivity index (χ0) is 12.8. The molecule has 94 valence electrons. The van der Waals surface area contributed by atoms with Crippen LogP contribution in [0.2, 0.25) is 0 Å². The lowest BCUT2D eigenvalue weighted by Gasteiger charge is -2.11. The van der Waals surface area contributed by atoms with Gasteiger partial charge in [0.25, 0.3) is 0 Å². The molecule has 1 N–H and O–H groups in total. The lowest BCUT2D eigenvalue weighted by atomic mass is 9.96. The fourth-order valence-electron chi connectivity index (χ4n) is 1.66. The van der Waals surface area contributed by atoms with E-state index in [1.54, 1.807) is 0 Å². The highest BCUT2D eigenvalue weighted by molar-refractivity contribution is 5.67. The molecule has 1 aromatic rings. The van der Waals surface area contributed by atoms with E-state index in [-0.39, 0.29) is 6.61 Å². The molecule has 0 saturated carbocycles. The van der Waals surface area contributed by atoms with Crippen LogP contribution in [0.25, 0.3) is 0 Å². The van der Waals surface area contributed by atoms with E-state index in [0.717, 1.165) is 6.42 Å². The second-order valence-corrected chi connectivity index (χ2v) is 4.54. The molecule has 0 saturated heterocycles. The summed E-state index contributed by atoms with van der Waals surface area (Å²) in [6.45, 7) is 6.62. The van der Waals surface area contributed by atoms with Gasteiger partial charge in [-0.25, -0.2) is 4.79 Å². The fraction of sp³-hybridized carbons (Fsp3) is 0.500. The van der Waals surface area contributed by atoms with Crippen molar-refractivity contribution in [2.24, 2.45) is 0 Å². The van der Waals surface area contributed by atoms with E-state index in [4.69, 9.17) is 9.84 Å². The van der Waals surface area contributed by atoms with E-state index in [9.17, 15) is 4.79 Å². The van der Waals surface area contributed by atoms with E-state index in [1.165, 1.54) is 16.7 Å². The van der Waals surface area contributed by atoms with Crippen molar-refractivity contribution in [2.75, 3.05) is 13.2 Å². The Morgan fingerprint density at radius 2 is 2.12 bits per heavy atom. The van der Waals surface area contributed by atoms with Gasteiger partial charge in [0.05, 0.1) is 6.61 Å². The first-order valence-corrected chi connectivity index (χ1v) is 5.89. The zero-order valence-corrected chi connectivity index (χ0v) is 10.7. The van der Waals surface area contributed by atoms with Crippen LogP contribution in [0, 0.1) is 6.92 Å². The van der Waals surface area contributed by atoms with Gasteiger partial charge in [0, 0.05) is 0 Å². The number of carbonyl (C=O) groups is 1. The normalized spacial score (nSPS) is 10.8. The molecule has 0 fully saturated rings. The van der Waals surface area contributed by atoms with Crippen molar-refractivity contribution in [2.45, 2.75) is 33.1 Å². The number of rotatable bonds is 6. The van der Waals surface area contributed by atoms with Crippen molar-refractivity contribution in [1.29, 1.82) is 0 Å². The lowest BCUT2D eigenvalue weighted by Crippen LogP contribution is -2.09. The maximum atomic E-state index is 10.3. The van der Waals surface area contributed by atoms with Gasteiger partial charge in [0.1, 0.15) is 6.61 Å². The quantitative estimate of drug-likeness (QED) is 0.772. The average Bonchev–Trinajstić information content (AvgIpc) is 2.25. The summed E-state index contributed by atoms with van der Waals surface area (Å²) in [6, 6.07) is 6.44. The van der Waals surface area contributed by atoms with E-state index in [0.29, 0.717) is 12.5 Å². The molecule has 0 heterocycles. The molecule has 0 amide bonds. The van der Waals surface area contributed by atoms with Gasteiger partial charge in [-0.15, -0.1) is 0 Å². The fourth-order valence-corrected chi connectivity index (χ4v) is 1.66. The second kappa shape index (κ2) is 6.40. The molecule has 0 spiro atoms. The Labute approximate surface area is 102 Å². The minimum atomic E-state index is -0.919. The average molecular weight is 236 g/mol. The van der Waals surface area contributed by atoms with Crippen LogP contribution in [-0.4, -0.2) is 24.3 Å². The Morgan fingerprint density at radius 3 is 2.71 bits per heavy atom. The van der Waals surface area contributed by atoms with Gasteiger partial charge < -0.3 is 9.84 Å². The van der Waals surface area contributed by atoms with E-state index in [1.807, 2.05) is 0 Å². The van der Waals surface area contributed by atoms with E-state index < -0.39 is 5.97 Å². The standard InChI is InChI=1S/C14H20O3/c1-10(2)12-5-4-11(3)13(8-12)6-7-17-9-14(15)16/h4-5,8,10H,6-7,9H2,1-3H3,(H,15,16). The van der Waals surface area contributed by atoms with Crippen LogP contribution in [0.4, 0.5) is 0 Å². The van der Waals surface area contributed by atoms with Gasteiger partial charge in [-0.1, -0.05) is 32.0 Å². The highest BCUT2D eigenvalue weighted by Crippen LogP contribution is 2.18. The monoisotopic (exact) mass is 236 g/mol. The third-order valence-electron chi connectivity index (χ3n) is 2.78. The Bertz CT molecular complexity index is 383. The van der Waals surface area contributed by atoms with Crippen molar-refractivity contribution < 1.29 is 14.6 Å². The third kappa shape index (κ3) is 4.57. The number of aryl methyl sites for hydroxylation is 1. The van der Waals surface area contributed by atoms with Crippen LogP contribution >= 0.6 is 0 Å². The third-order valence-corrected chi connectivity index (χ3v) is 2.78. The van der Waals surface area contributed by atoms with Gasteiger partial charge in [-0.3, -0.25) is 0 Å². The number of carboxylic acid groups (broad SMARTS) is 1. The van der Waals surface area contributed by atoms with Crippen molar-refractivity contribution >= 4 is 5.97 Å². The number of carboxylic acids is 1. The molecule has 0 aliphatic carbocycles. The number of ether oxygens (including phenoxy) is 1. The summed E-state index contributed by atoms with van der Waals surface area (Å²) in [5, 5.41) is 8.46. The number of aliphatic carboxylic acids is 1. The summed E-state index contributed by atoms with van der Waals surface area (Å²) in [5.41, 5.74) is 3.78. The molecular formula is C14H20O3. The minimum Gasteiger partial charge on any atom is -0.480 e. The van der Waals surface area contributed by atoms with E-state index >= 15 is 0 Å². The molecule has 0 bridgehead atoms. The molecule has 0 aliphatic rings. The molecule has 1 rings (SSSR count).